The highest BCUT2D eigenvalue weighted by atomic mass is 35.5. The minimum absolute atomic E-state index is 0.119. The zero-order valence-electron chi connectivity index (χ0n) is 21.6. The first-order valence-electron chi connectivity index (χ1n) is 13.1. The van der Waals surface area contributed by atoms with Gasteiger partial charge in [-0.3, -0.25) is 4.79 Å². The number of nitrogens with zero attached hydrogens (tertiary/aromatic N) is 2. The van der Waals surface area contributed by atoms with Crippen molar-refractivity contribution >= 4 is 34.2 Å². The average Bonchev–Trinajstić information content (AvgIpc) is 3.30. The molecule has 5 rings (SSSR count). The van der Waals surface area contributed by atoms with Gasteiger partial charge in [-0.15, -0.1) is 0 Å². The number of amides is 1. The number of nitrogens with one attached hydrogen (secondary N) is 2. The van der Waals surface area contributed by atoms with E-state index in [2.05, 4.69) is 15.2 Å². The van der Waals surface area contributed by atoms with Gasteiger partial charge < -0.3 is 20.3 Å². The van der Waals surface area contributed by atoms with E-state index in [-0.39, 0.29) is 12.3 Å². The van der Waals surface area contributed by atoms with E-state index in [1.165, 1.54) is 0 Å². The van der Waals surface area contributed by atoms with Gasteiger partial charge >= 0.3 is 0 Å². The summed E-state index contributed by atoms with van der Waals surface area (Å²) in [5.74, 6) is 0.594. The summed E-state index contributed by atoms with van der Waals surface area (Å²) in [6, 6.07) is 33.2. The molecule has 1 aromatic heterocycles. The summed E-state index contributed by atoms with van der Waals surface area (Å²) >= 11 is 6.06. The van der Waals surface area contributed by atoms with Gasteiger partial charge in [0.25, 0.3) is 0 Å². The molecule has 4 aromatic carbocycles. The molecule has 0 aliphatic heterocycles. The molecule has 198 valence electrons. The van der Waals surface area contributed by atoms with Crippen LogP contribution in [0, 0.1) is 0 Å². The summed E-state index contributed by atoms with van der Waals surface area (Å²) < 4.78 is 2.09. The Morgan fingerprint density at radius 2 is 1.56 bits per heavy atom. The smallest absolute Gasteiger partial charge is 0.231 e. The number of fused-ring (bicyclic) bond motifs is 1. The maximum Gasteiger partial charge on any atom is 0.231 e. The molecule has 0 aliphatic carbocycles. The van der Waals surface area contributed by atoms with Crippen molar-refractivity contribution in [1.29, 1.82) is 0 Å². The Labute approximate surface area is 233 Å². The second-order valence-corrected chi connectivity index (χ2v) is 9.97. The van der Waals surface area contributed by atoms with Crippen molar-refractivity contribution in [3.8, 4) is 0 Å². The molecule has 1 amide bonds. The predicted octanol–water partition coefficient (Wildman–Crippen LogP) is 5.78. The van der Waals surface area contributed by atoms with Gasteiger partial charge in [-0.25, -0.2) is 4.98 Å². The van der Waals surface area contributed by atoms with Crippen molar-refractivity contribution in [1.82, 2.24) is 14.9 Å². The zero-order chi connectivity index (χ0) is 27.0. The van der Waals surface area contributed by atoms with E-state index in [1.54, 1.807) is 0 Å². The number of carbonyl (C=O) groups excluding carboxylic acids is 1. The van der Waals surface area contributed by atoms with E-state index in [4.69, 9.17) is 16.6 Å². The third-order valence-electron chi connectivity index (χ3n) is 6.66. The number of aromatic nitrogens is 2. The normalized spacial score (nSPS) is 11.9. The van der Waals surface area contributed by atoms with E-state index in [1.807, 2.05) is 103 Å². The van der Waals surface area contributed by atoms with Crippen molar-refractivity contribution < 1.29 is 9.90 Å². The number of carbonyl (C=O) groups is 1. The summed E-state index contributed by atoms with van der Waals surface area (Å²) in [6.07, 6.45) is 0.463. The topological polar surface area (TPSA) is 79.2 Å². The van der Waals surface area contributed by atoms with Crippen LogP contribution in [0.1, 0.15) is 28.6 Å². The van der Waals surface area contributed by atoms with Crippen molar-refractivity contribution in [2.45, 2.75) is 25.5 Å². The number of hydrogen-bond donors (Lipinski definition) is 3. The highest BCUT2D eigenvalue weighted by molar-refractivity contribution is 6.30. The third-order valence-corrected chi connectivity index (χ3v) is 6.91. The second kappa shape index (κ2) is 12.7. The molecule has 1 heterocycles. The van der Waals surface area contributed by atoms with Gasteiger partial charge in [0, 0.05) is 23.8 Å². The van der Waals surface area contributed by atoms with Gasteiger partial charge in [-0.1, -0.05) is 78.3 Å². The minimum Gasteiger partial charge on any atom is -0.387 e. The summed E-state index contributed by atoms with van der Waals surface area (Å²) in [5.41, 5.74) is 5.75. The van der Waals surface area contributed by atoms with E-state index >= 15 is 0 Å². The second-order valence-electron chi connectivity index (χ2n) is 9.53. The Hall–Kier alpha value is -3.97. The largest absolute Gasteiger partial charge is 0.387 e. The number of rotatable bonds is 11. The van der Waals surface area contributed by atoms with E-state index in [0.717, 1.165) is 46.4 Å². The Morgan fingerprint density at radius 1 is 0.872 bits per heavy atom. The first-order valence-corrected chi connectivity index (χ1v) is 13.4. The molecule has 0 bridgehead atoms. The summed E-state index contributed by atoms with van der Waals surface area (Å²) in [7, 11) is 0. The van der Waals surface area contributed by atoms with Gasteiger partial charge in [-0.05, 0) is 66.1 Å². The SMILES string of the molecule is O=C(Cc1nc2ccccc2n1Cc1ccc(Cl)cc1)Nc1ccc(CCNC[C@H](O)c2ccccc2)cc1. The van der Waals surface area contributed by atoms with Crippen LogP contribution >= 0.6 is 11.6 Å². The number of benzene rings is 4. The fraction of sp³-hybridized carbons (Fsp3) is 0.188. The first-order chi connectivity index (χ1) is 19.0. The molecule has 7 heteroatoms. The fourth-order valence-electron chi connectivity index (χ4n) is 4.58. The number of hydrogen-bond acceptors (Lipinski definition) is 4. The van der Waals surface area contributed by atoms with Gasteiger partial charge in [0.2, 0.25) is 5.91 Å². The number of halogens is 1. The molecule has 0 aliphatic rings. The van der Waals surface area contributed by atoms with Crippen LogP contribution in [0.4, 0.5) is 5.69 Å². The first kappa shape index (κ1) is 26.6. The van der Waals surface area contributed by atoms with Gasteiger partial charge in [0.1, 0.15) is 5.82 Å². The molecule has 0 radical (unpaired) electrons. The van der Waals surface area contributed by atoms with Crippen molar-refractivity contribution in [3.63, 3.8) is 0 Å². The number of anilines is 1. The molecule has 0 unspecified atom stereocenters. The molecular formula is C32H31ClN4O2. The Balaban J connectivity index is 1.16. The summed E-state index contributed by atoms with van der Waals surface area (Å²) in [4.78, 5) is 17.7. The van der Waals surface area contributed by atoms with Gasteiger partial charge in [0.05, 0.1) is 23.6 Å². The lowest BCUT2D eigenvalue weighted by Crippen LogP contribution is -2.23. The molecule has 6 nitrogen and oxygen atoms in total. The fourth-order valence-corrected chi connectivity index (χ4v) is 4.70. The van der Waals surface area contributed by atoms with Gasteiger partial charge in [-0.2, -0.15) is 0 Å². The third kappa shape index (κ3) is 7.12. The molecule has 0 saturated carbocycles. The van der Waals surface area contributed by atoms with E-state index in [9.17, 15) is 9.90 Å². The lowest BCUT2D eigenvalue weighted by molar-refractivity contribution is -0.115. The zero-order valence-corrected chi connectivity index (χ0v) is 22.3. The van der Waals surface area contributed by atoms with Gasteiger partial charge in [0.15, 0.2) is 0 Å². The predicted molar refractivity (Wildman–Crippen MR) is 157 cm³/mol. The highest BCUT2D eigenvalue weighted by Gasteiger charge is 2.15. The minimum atomic E-state index is -0.525. The number of imidazole rings is 1. The Morgan fingerprint density at radius 3 is 2.33 bits per heavy atom. The van der Waals surface area contributed by atoms with Crippen LogP contribution in [0.15, 0.2) is 103 Å². The van der Waals surface area contributed by atoms with Crippen LogP contribution in [0.25, 0.3) is 11.0 Å². The van der Waals surface area contributed by atoms with Crippen LogP contribution in [-0.2, 0) is 24.2 Å². The lowest BCUT2D eigenvalue weighted by atomic mass is 10.1. The van der Waals surface area contributed by atoms with Crippen LogP contribution in [0.5, 0.6) is 0 Å². The average molecular weight is 539 g/mol. The van der Waals surface area contributed by atoms with Crippen LogP contribution in [-0.4, -0.2) is 33.7 Å². The highest BCUT2D eigenvalue weighted by Crippen LogP contribution is 2.20. The molecular weight excluding hydrogens is 508 g/mol. The van der Waals surface area contributed by atoms with Crippen molar-refractivity contribution in [2.75, 3.05) is 18.4 Å². The van der Waals surface area contributed by atoms with Crippen LogP contribution in [0.3, 0.4) is 0 Å². The maximum atomic E-state index is 13.0. The summed E-state index contributed by atoms with van der Waals surface area (Å²) in [5, 5.41) is 17.3. The van der Waals surface area contributed by atoms with E-state index in [0.29, 0.717) is 23.9 Å². The molecule has 5 aromatic rings. The standard InChI is InChI=1S/C32H31ClN4O2/c33-26-14-10-24(11-15-26)22-37-29-9-5-4-8-28(29)36-31(37)20-32(39)35-27-16-12-23(13-17-27)18-19-34-21-30(38)25-6-2-1-3-7-25/h1-17,30,34,38H,18-22H2,(H,35,39)/t30-/m0/s1. The molecule has 1 atom stereocenters. The van der Waals surface area contributed by atoms with Crippen molar-refractivity contribution in [2.24, 2.45) is 0 Å². The quantitative estimate of drug-likeness (QED) is 0.186. The number of para-hydroxylation sites is 2. The summed E-state index contributed by atoms with van der Waals surface area (Å²) in [6.45, 7) is 1.85. The Kier molecular flexibility index (Phi) is 8.68. The van der Waals surface area contributed by atoms with Crippen LogP contribution in [0.2, 0.25) is 5.02 Å². The number of aliphatic hydroxyl groups excluding tert-OH is 1. The van der Waals surface area contributed by atoms with Crippen LogP contribution < -0.4 is 10.6 Å². The molecule has 0 saturated heterocycles. The Bertz CT molecular complexity index is 1520. The van der Waals surface area contributed by atoms with E-state index < -0.39 is 6.10 Å². The lowest BCUT2D eigenvalue weighted by Gasteiger charge is -2.12. The number of aliphatic hydroxyl groups is 1. The maximum absolute atomic E-state index is 13.0. The molecule has 0 spiro atoms. The molecule has 39 heavy (non-hydrogen) atoms. The monoisotopic (exact) mass is 538 g/mol. The van der Waals surface area contributed by atoms with Crippen molar-refractivity contribution in [3.05, 3.63) is 131 Å². The molecule has 0 fully saturated rings. The molecule has 3 N–H and O–H groups in total.